The number of piperidine rings is 2. The van der Waals surface area contributed by atoms with Crippen molar-refractivity contribution >= 4 is 28.9 Å². The van der Waals surface area contributed by atoms with Crippen molar-refractivity contribution in [3.05, 3.63) is 113 Å². The van der Waals surface area contributed by atoms with Gasteiger partial charge in [0.15, 0.2) is 0 Å². The highest BCUT2D eigenvalue weighted by Crippen LogP contribution is 2.31. The lowest BCUT2D eigenvalue weighted by molar-refractivity contribution is -0.133. The van der Waals surface area contributed by atoms with E-state index in [1.165, 1.54) is 11.1 Å². The molecule has 2 aromatic carbocycles. The van der Waals surface area contributed by atoms with E-state index in [-0.39, 0.29) is 35.0 Å². The number of benzene rings is 2. The zero-order valence-electron chi connectivity index (χ0n) is 32.6. The Hall–Kier alpha value is -6.28. The molecular weight excluding hydrogens is 721 g/mol. The maximum absolute atomic E-state index is 12.7. The van der Waals surface area contributed by atoms with Gasteiger partial charge in [0.05, 0.1) is 16.9 Å². The van der Waals surface area contributed by atoms with E-state index in [2.05, 4.69) is 77.5 Å². The number of hydrogen-bond acceptors (Lipinski definition) is 11. The highest BCUT2D eigenvalue weighted by molar-refractivity contribution is 6.01. The van der Waals surface area contributed by atoms with Gasteiger partial charge in [0.1, 0.15) is 12.4 Å². The van der Waals surface area contributed by atoms with Gasteiger partial charge in [-0.05, 0) is 97.8 Å². The smallest absolute Gasteiger partial charge is 0.292 e. The average molecular weight is 767 g/mol. The van der Waals surface area contributed by atoms with Crippen LogP contribution in [0.3, 0.4) is 0 Å². The van der Waals surface area contributed by atoms with Gasteiger partial charge in [0.2, 0.25) is 17.7 Å². The third-order valence-corrected chi connectivity index (χ3v) is 10.8. The predicted octanol–water partition coefficient (Wildman–Crippen LogP) is 5.97. The Kier molecular flexibility index (Phi) is 10.4. The molecule has 8 rings (SSSR count). The minimum absolute atomic E-state index is 0.0197. The maximum atomic E-state index is 12.7. The van der Waals surface area contributed by atoms with Crippen molar-refractivity contribution in [3.63, 3.8) is 0 Å². The third-order valence-electron chi connectivity index (χ3n) is 10.8. The number of nitrogens with zero attached hydrogens (tertiary/aromatic N) is 7. The molecule has 0 aliphatic carbocycles. The quantitative estimate of drug-likeness (QED) is 0.140. The van der Waals surface area contributed by atoms with Crippen LogP contribution in [0.2, 0.25) is 0 Å². The van der Waals surface area contributed by atoms with Crippen LogP contribution in [-0.4, -0.2) is 71.5 Å². The summed E-state index contributed by atoms with van der Waals surface area (Å²) in [5.41, 5.74) is 9.44. The van der Waals surface area contributed by atoms with Gasteiger partial charge >= 0.3 is 0 Å². The average Bonchev–Trinajstić information content (AvgIpc) is 3.89. The van der Waals surface area contributed by atoms with E-state index in [0.29, 0.717) is 31.2 Å². The summed E-state index contributed by atoms with van der Waals surface area (Å²) >= 11 is 0. The summed E-state index contributed by atoms with van der Waals surface area (Å²) in [5.74, 6) is 0.0698. The molecule has 2 fully saturated rings. The predicted molar refractivity (Wildman–Crippen MR) is 214 cm³/mol. The van der Waals surface area contributed by atoms with E-state index in [9.17, 15) is 14.4 Å². The molecule has 1 unspecified atom stereocenters. The molecule has 0 spiro atoms. The van der Waals surface area contributed by atoms with Gasteiger partial charge in [-0.1, -0.05) is 56.3 Å². The Morgan fingerprint density at radius 3 is 2.47 bits per heavy atom. The second-order valence-corrected chi connectivity index (χ2v) is 16.0. The number of carbonyl (C=O) groups is 3. The van der Waals surface area contributed by atoms with Crippen molar-refractivity contribution in [1.29, 1.82) is 0 Å². The van der Waals surface area contributed by atoms with Crippen molar-refractivity contribution < 1.29 is 18.9 Å². The number of aryl methyl sites for hydroxylation is 1. The fraction of sp³-hybridized carbons (Fsp3) is 0.349. The Bertz CT molecular complexity index is 2420. The topological polar surface area (TPSA) is 173 Å². The first-order chi connectivity index (χ1) is 27.5. The van der Waals surface area contributed by atoms with Crippen molar-refractivity contribution in [2.45, 2.75) is 83.8 Å². The van der Waals surface area contributed by atoms with Gasteiger partial charge in [-0.2, -0.15) is 10.1 Å². The molecule has 14 nitrogen and oxygen atoms in total. The molecule has 2 aliphatic heterocycles. The SMILES string of the molecule is Cc1cc(-c2ncnn3cc(-c4ccc(CN5CCC(c6ccc(NC7CCC(=O)NC7=O)cc6)CC5)cn4)cc23)ccc1CNC(=O)c1noc(C(C)(C)C)n1. The maximum Gasteiger partial charge on any atom is 0.292 e. The lowest BCUT2D eigenvalue weighted by atomic mass is 9.89. The minimum Gasteiger partial charge on any atom is -0.374 e. The number of carbonyl (C=O) groups excluding carboxylic acids is 3. The number of likely N-dealkylation sites (tertiary alicyclic amines) is 1. The fourth-order valence-electron chi connectivity index (χ4n) is 7.46. The largest absolute Gasteiger partial charge is 0.374 e. The molecule has 6 aromatic rings. The van der Waals surface area contributed by atoms with Gasteiger partial charge in [0, 0.05) is 54.1 Å². The van der Waals surface area contributed by atoms with E-state index in [4.69, 9.17) is 9.51 Å². The number of aromatic nitrogens is 6. The summed E-state index contributed by atoms with van der Waals surface area (Å²) < 4.78 is 7.10. The Balaban J connectivity index is 0.858. The molecular formula is C43H46N10O4. The first-order valence-corrected chi connectivity index (χ1v) is 19.4. The molecule has 3 amide bonds. The van der Waals surface area contributed by atoms with Gasteiger partial charge in [0.25, 0.3) is 11.7 Å². The first-order valence-electron chi connectivity index (χ1n) is 19.4. The van der Waals surface area contributed by atoms with E-state index < -0.39 is 0 Å². The van der Waals surface area contributed by atoms with Gasteiger partial charge < -0.3 is 15.2 Å². The van der Waals surface area contributed by atoms with Crippen molar-refractivity contribution in [3.8, 4) is 22.5 Å². The van der Waals surface area contributed by atoms with Gasteiger partial charge in [-0.3, -0.25) is 29.6 Å². The summed E-state index contributed by atoms with van der Waals surface area (Å²) in [6.45, 7) is 11.0. The minimum atomic E-state index is -0.388. The lowest BCUT2D eigenvalue weighted by Gasteiger charge is -2.32. The number of amides is 3. The Labute approximate surface area is 330 Å². The highest BCUT2D eigenvalue weighted by atomic mass is 16.5. The molecule has 6 heterocycles. The first kappa shape index (κ1) is 37.6. The third kappa shape index (κ3) is 8.46. The van der Waals surface area contributed by atoms with Crippen LogP contribution >= 0.6 is 0 Å². The number of hydrogen-bond donors (Lipinski definition) is 3. The summed E-state index contributed by atoms with van der Waals surface area (Å²) in [4.78, 5) is 52.5. The number of rotatable bonds is 10. The second-order valence-electron chi connectivity index (χ2n) is 16.0. The van der Waals surface area contributed by atoms with E-state index >= 15 is 0 Å². The summed E-state index contributed by atoms with van der Waals surface area (Å²) in [5, 5.41) is 16.9. The van der Waals surface area contributed by atoms with Gasteiger partial charge in [-0.15, -0.1) is 0 Å². The number of imide groups is 1. The number of anilines is 1. The molecule has 0 bridgehead atoms. The Morgan fingerprint density at radius 2 is 1.77 bits per heavy atom. The van der Waals surface area contributed by atoms with Crippen LogP contribution in [0.1, 0.15) is 91.1 Å². The van der Waals surface area contributed by atoms with Gasteiger partial charge in [-0.25, -0.2) is 9.50 Å². The summed E-state index contributed by atoms with van der Waals surface area (Å²) in [7, 11) is 0. The van der Waals surface area contributed by atoms with Crippen LogP contribution in [0.15, 0.2) is 83.9 Å². The lowest BCUT2D eigenvalue weighted by Crippen LogP contribution is -2.47. The fourth-order valence-corrected chi connectivity index (χ4v) is 7.46. The molecule has 3 N–H and O–H groups in total. The molecule has 0 radical (unpaired) electrons. The van der Waals surface area contributed by atoms with E-state index in [1.807, 2.05) is 68.9 Å². The van der Waals surface area contributed by atoms with Crippen LogP contribution in [-0.2, 0) is 28.1 Å². The number of nitrogens with one attached hydrogen (secondary N) is 3. The number of fused-ring (bicyclic) bond motifs is 1. The zero-order chi connectivity index (χ0) is 39.7. The molecule has 0 saturated carbocycles. The molecule has 4 aromatic heterocycles. The summed E-state index contributed by atoms with van der Waals surface area (Å²) in [6, 6.07) is 20.4. The summed E-state index contributed by atoms with van der Waals surface area (Å²) in [6.07, 6.45) is 8.52. The molecule has 2 saturated heterocycles. The zero-order valence-corrected chi connectivity index (χ0v) is 32.6. The van der Waals surface area contributed by atoms with Crippen LogP contribution in [0.5, 0.6) is 0 Å². The molecule has 1 atom stereocenters. The molecule has 14 heteroatoms. The van der Waals surface area contributed by atoms with Crippen LogP contribution in [0, 0.1) is 6.92 Å². The molecule has 292 valence electrons. The normalized spacial score (nSPS) is 16.8. The standard InChI is InChI=1S/C43H46N10O4/c1-26-19-30(6-7-31(26)22-45-41(56)39-50-42(57-51-39)43(2,3)4)38-36-20-32(24-53(36)47-25-46-38)34-12-5-27(21-44-34)23-52-17-15-29(16-18-52)28-8-10-33(11-9-28)48-35-13-14-37(54)49-40(35)55/h5-12,19-21,24-25,29,35,48H,13-18,22-23H2,1-4H3,(H,45,56)(H,49,54,55). The monoisotopic (exact) mass is 766 g/mol. The van der Waals surface area contributed by atoms with Crippen molar-refractivity contribution in [1.82, 2.24) is 45.3 Å². The van der Waals surface area contributed by atoms with Crippen LogP contribution in [0.25, 0.3) is 28.0 Å². The highest BCUT2D eigenvalue weighted by Gasteiger charge is 2.27. The van der Waals surface area contributed by atoms with E-state index in [0.717, 1.165) is 77.3 Å². The van der Waals surface area contributed by atoms with E-state index in [1.54, 1.807) is 6.33 Å². The number of pyridine rings is 1. The van der Waals surface area contributed by atoms with Crippen LogP contribution < -0.4 is 16.0 Å². The van der Waals surface area contributed by atoms with Crippen molar-refractivity contribution in [2.75, 3.05) is 18.4 Å². The Morgan fingerprint density at radius 1 is 0.965 bits per heavy atom. The van der Waals surface area contributed by atoms with Crippen molar-refractivity contribution in [2.24, 2.45) is 0 Å². The molecule has 57 heavy (non-hydrogen) atoms. The molecule has 2 aliphatic rings. The second kappa shape index (κ2) is 15.7. The van der Waals surface area contributed by atoms with Crippen LogP contribution in [0.4, 0.5) is 5.69 Å².